The van der Waals surface area contributed by atoms with E-state index in [-0.39, 0.29) is 12.4 Å². The molecule has 0 spiro atoms. The molecule has 0 bridgehead atoms. The molecule has 0 unspecified atom stereocenters. The molecule has 0 fully saturated rings. The molecular weight excluding hydrogens is 246 g/mol. The summed E-state index contributed by atoms with van der Waals surface area (Å²) in [5, 5.41) is 8.91. The van der Waals surface area contributed by atoms with E-state index in [0.717, 1.165) is 4.88 Å². The Labute approximate surface area is 109 Å². The van der Waals surface area contributed by atoms with E-state index in [9.17, 15) is 4.79 Å². The smallest absolute Gasteiger partial charge is 0.200 e. The second-order valence-corrected chi connectivity index (χ2v) is 5.00. The number of carbonyl (C=O) groups is 1. The highest BCUT2D eigenvalue weighted by Gasteiger charge is 2.11. The number of nitriles is 1. The van der Waals surface area contributed by atoms with Gasteiger partial charge in [0.1, 0.15) is 16.7 Å². The van der Waals surface area contributed by atoms with Crippen molar-refractivity contribution >= 4 is 17.1 Å². The van der Waals surface area contributed by atoms with Gasteiger partial charge in [0.2, 0.25) is 0 Å². The SMILES string of the molecule is Cc1cc(OCC(=O)c2ccccc2)c(C#N)s1. The highest BCUT2D eigenvalue weighted by Crippen LogP contribution is 2.27. The third kappa shape index (κ3) is 2.76. The lowest BCUT2D eigenvalue weighted by Gasteiger charge is -2.03. The van der Waals surface area contributed by atoms with E-state index in [0.29, 0.717) is 16.2 Å². The molecular formula is C14H11NO2S. The number of thiophene rings is 1. The molecule has 90 valence electrons. The van der Waals surface area contributed by atoms with E-state index in [1.807, 2.05) is 25.1 Å². The monoisotopic (exact) mass is 257 g/mol. The molecule has 0 saturated carbocycles. The first-order chi connectivity index (χ1) is 8.70. The quantitative estimate of drug-likeness (QED) is 0.790. The molecule has 0 atom stereocenters. The van der Waals surface area contributed by atoms with Gasteiger partial charge in [-0.15, -0.1) is 11.3 Å². The molecule has 18 heavy (non-hydrogen) atoms. The Balaban J connectivity index is 2.04. The average molecular weight is 257 g/mol. The van der Waals surface area contributed by atoms with Crippen LogP contribution in [0.4, 0.5) is 0 Å². The number of Topliss-reactive ketones (excluding diaryl/α,β-unsaturated/α-hetero) is 1. The fourth-order valence-electron chi connectivity index (χ4n) is 1.53. The number of aryl methyl sites for hydroxylation is 1. The minimum atomic E-state index is -0.0941. The van der Waals surface area contributed by atoms with Crippen molar-refractivity contribution in [2.45, 2.75) is 6.92 Å². The van der Waals surface area contributed by atoms with Crippen molar-refractivity contribution < 1.29 is 9.53 Å². The van der Waals surface area contributed by atoms with E-state index in [1.54, 1.807) is 18.2 Å². The summed E-state index contributed by atoms with van der Waals surface area (Å²) in [6.07, 6.45) is 0. The Kier molecular flexibility index (Phi) is 3.75. The average Bonchev–Trinajstić information content (AvgIpc) is 2.77. The van der Waals surface area contributed by atoms with Crippen LogP contribution in [0.25, 0.3) is 0 Å². The van der Waals surface area contributed by atoms with Gasteiger partial charge >= 0.3 is 0 Å². The van der Waals surface area contributed by atoms with E-state index in [1.165, 1.54) is 11.3 Å². The van der Waals surface area contributed by atoms with E-state index >= 15 is 0 Å². The second-order valence-electron chi connectivity index (χ2n) is 3.74. The Bertz CT molecular complexity index is 596. The zero-order chi connectivity index (χ0) is 13.0. The highest BCUT2D eigenvalue weighted by molar-refractivity contribution is 7.12. The molecule has 0 aliphatic carbocycles. The minimum Gasteiger partial charge on any atom is -0.483 e. The maximum atomic E-state index is 11.8. The van der Waals surface area contributed by atoms with Crippen molar-refractivity contribution in [2.24, 2.45) is 0 Å². The fourth-order valence-corrected chi connectivity index (χ4v) is 2.28. The van der Waals surface area contributed by atoms with Crippen LogP contribution in [-0.2, 0) is 0 Å². The number of ether oxygens (including phenoxy) is 1. The molecule has 2 rings (SSSR count). The van der Waals surface area contributed by atoms with Crippen LogP contribution in [0.15, 0.2) is 36.4 Å². The van der Waals surface area contributed by atoms with Crippen LogP contribution < -0.4 is 4.74 Å². The zero-order valence-electron chi connectivity index (χ0n) is 9.84. The lowest BCUT2D eigenvalue weighted by molar-refractivity contribution is 0.0921. The van der Waals surface area contributed by atoms with Crippen LogP contribution in [0.2, 0.25) is 0 Å². The molecule has 3 nitrogen and oxygen atoms in total. The Hall–Kier alpha value is -2.12. The van der Waals surface area contributed by atoms with Gasteiger partial charge in [0, 0.05) is 10.4 Å². The van der Waals surface area contributed by atoms with Crippen molar-refractivity contribution in [3.05, 3.63) is 51.7 Å². The van der Waals surface area contributed by atoms with Crippen molar-refractivity contribution in [3.63, 3.8) is 0 Å². The van der Waals surface area contributed by atoms with Gasteiger partial charge in [-0.2, -0.15) is 5.26 Å². The van der Waals surface area contributed by atoms with Crippen molar-refractivity contribution in [1.82, 2.24) is 0 Å². The summed E-state index contributed by atoms with van der Waals surface area (Å²) < 4.78 is 5.40. The molecule has 0 N–H and O–H groups in total. The summed E-state index contributed by atoms with van der Waals surface area (Å²) in [4.78, 5) is 13.3. The maximum absolute atomic E-state index is 11.8. The molecule has 1 heterocycles. The van der Waals surface area contributed by atoms with Crippen LogP contribution in [0.5, 0.6) is 5.75 Å². The van der Waals surface area contributed by atoms with Crippen molar-refractivity contribution in [3.8, 4) is 11.8 Å². The molecule has 4 heteroatoms. The molecule has 0 saturated heterocycles. The number of benzene rings is 1. The summed E-state index contributed by atoms with van der Waals surface area (Å²) in [6.45, 7) is 1.85. The van der Waals surface area contributed by atoms with E-state index < -0.39 is 0 Å². The standard InChI is InChI=1S/C14H11NO2S/c1-10-7-13(14(8-15)18-10)17-9-12(16)11-5-3-2-4-6-11/h2-7H,9H2,1H3. The Morgan fingerprint density at radius 1 is 1.39 bits per heavy atom. The van der Waals surface area contributed by atoms with Gasteiger partial charge in [0.15, 0.2) is 12.4 Å². The van der Waals surface area contributed by atoms with Crippen LogP contribution >= 0.6 is 11.3 Å². The van der Waals surface area contributed by atoms with Crippen molar-refractivity contribution in [2.75, 3.05) is 6.61 Å². The van der Waals surface area contributed by atoms with Crippen molar-refractivity contribution in [1.29, 1.82) is 5.26 Å². The van der Waals surface area contributed by atoms with Crippen LogP contribution in [0.3, 0.4) is 0 Å². The number of hydrogen-bond donors (Lipinski definition) is 0. The number of hydrogen-bond acceptors (Lipinski definition) is 4. The van der Waals surface area contributed by atoms with Crippen LogP contribution in [0.1, 0.15) is 20.1 Å². The fraction of sp³-hybridized carbons (Fsp3) is 0.143. The van der Waals surface area contributed by atoms with Gasteiger partial charge in [0.05, 0.1) is 0 Å². The molecule has 0 aliphatic rings. The van der Waals surface area contributed by atoms with Crippen LogP contribution in [-0.4, -0.2) is 12.4 Å². The molecule has 1 aromatic heterocycles. The number of carbonyl (C=O) groups excluding carboxylic acids is 1. The first kappa shape index (κ1) is 12.3. The summed E-state index contributed by atoms with van der Waals surface area (Å²) in [5.41, 5.74) is 0.614. The highest BCUT2D eigenvalue weighted by atomic mass is 32.1. The number of rotatable bonds is 4. The van der Waals surface area contributed by atoms with Gasteiger partial charge < -0.3 is 4.74 Å². The normalized spacial score (nSPS) is 9.78. The third-order valence-electron chi connectivity index (χ3n) is 2.38. The predicted octanol–water partition coefficient (Wildman–Crippen LogP) is 3.19. The topological polar surface area (TPSA) is 50.1 Å². The van der Waals surface area contributed by atoms with Gasteiger partial charge in [-0.05, 0) is 13.0 Å². The molecule has 0 aliphatic heterocycles. The van der Waals surface area contributed by atoms with E-state index in [2.05, 4.69) is 6.07 Å². The number of ketones is 1. The summed E-state index contributed by atoms with van der Waals surface area (Å²) in [5.74, 6) is 0.396. The van der Waals surface area contributed by atoms with Crippen LogP contribution in [0, 0.1) is 18.3 Å². The van der Waals surface area contributed by atoms with Gasteiger partial charge in [-0.3, -0.25) is 4.79 Å². The Morgan fingerprint density at radius 2 is 2.11 bits per heavy atom. The summed E-state index contributed by atoms with van der Waals surface area (Å²) in [6, 6.07) is 12.8. The van der Waals surface area contributed by atoms with Gasteiger partial charge in [0.25, 0.3) is 0 Å². The Morgan fingerprint density at radius 3 is 2.78 bits per heavy atom. The lowest BCUT2D eigenvalue weighted by atomic mass is 10.1. The summed E-state index contributed by atoms with van der Waals surface area (Å²) in [7, 11) is 0. The molecule has 0 amide bonds. The first-order valence-corrected chi connectivity index (χ1v) is 6.24. The van der Waals surface area contributed by atoms with Gasteiger partial charge in [-0.25, -0.2) is 0 Å². The number of nitrogens with zero attached hydrogens (tertiary/aromatic N) is 1. The lowest BCUT2D eigenvalue weighted by Crippen LogP contribution is -2.11. The van der Waals surface area contributed by atoms with E-state index in [4.69, 9.17) is 10.00 Å². The maximum Gasteiger partial charge on any atom is 0.200 e. The second kappa shape index (κ2) is 5.48. The zero-order valence-corrected chi connectivity index (χ0v) is 10.7. The summed E-state index contributed by atoms with van der Waals surface area (Å²) >= 11 is 1.36. The molecule has 2 aromatic rings. The molecule has 0 radical (unpaired) electrons. The third-order valence-corrected chi connectivity index (χ3v) is 3.31. The molecule has 1 aromatic carbocycles. The first-order valence-electron chi connectivity index (χ1n) is 5.42. The predicted molar refractivity (Wildman–Crippen MR) is 70.0 cm³/mol. The van der Waals surface area contributed by atoms with Gasteiger partial charge in [-0.1, -0.05) is 30.3 Å². The largest absolute Gasteiger partial charge is 0.483 e. The minimum absolute atomic E-state index is 0.0468.